The number of hydrogen-bond donors (Lipinski definition) is 1. The van der Waals surface area contributed by atoms with E-state index in [1.165, 1.54) is 12.1 Å². The molecular formula is C9H11N3O3. The van der Waals surface area contributed by atoms with Crippen LogP contribution < -0.4 is 9.96 Å². The van der Waals surface area contributed by atoms with E-state index in [1.54, 1.807) is 12.1 Å². The second kappa shape index (κ2) is 3.58. The van der Waals surface area contributed by atoms with Gasteiger partial charge in [0.05, 0.1) is 24.1 Å². The Kier molecular flexibility index (Phi) is 2.39. The van der Waals surface area contributed by atoms with Crippen molar-refractivity contribution in [2.75, 3.05) is 19.8 Å². The van der Waals surface area contributed by atoms with Gasteiger partial charge in [-0.1, -0.05) is 0 Å². The summed E-state index contributed by atoms with van der Waals surface area (Å²) in [6.07, 6.45) is 0. The Morgan fingerprint density at radius 1 is 1.47 bits per heavy atom. The van der Waals surface area contributed by atoms with Gasteiger partial charge in [-0.25, -0.2) is 0 Å². The van der Waals surface area contributed by atoms with Crippen LogP contribution in [0.2, 0.25) is 0 Å². The number of non-ortho nitro benzene ring substituents is 1. The number of quaternary nitrogens is 1. The summed E-state index contributed by atoms with van der Waals surface area (Å²) in [7, 11) is 0. The van der Waals surface area contributed by atoms with Crippen molar-refractivity contribution in [1.82, 2.24) is 9.96 Å². The predicted octanol–water partition coefficient (Wildman–Crippen LogP) is 0.961. The van der Waals surface area contributed by atoms with Crippen molar-refractivity contribution >= 4 is 11.4 Å². The zero-order chi connectivity index (χ0) is 10.9. The summed E-state index contributed by atoms with van der Waals surface area (Å²) in [4.78, 5) is 10.1. The molecule has 1 fully saturated rings. The summed E-state index contributed by atoms with van der Waals surface area (Å²) in [5, 5.41) is 25.6. The van der Waals surface area contributed by atoms with Crippen LogP contribution in [0.15, 0.2) is 24.3 Å². The Bertz CT molecular complexity index is 388. The Morgan fingerprint density at radius 2 is 2.27 bits per heavy atom. The average molecular weight is 209 g/mol. The first-order valence-electron chi connectivity index (χ1n) is 4.66. The third-order valence-electron chi connectivity index (χ3n) is 2.53. The highest BCUT2D eigenvalue weighted by molar-refractivity contribution is 5.51. The maximum atomic E-state index is 12.1. The van der Waals surface area contributed by atoms with Gasteiger partial charge in [-0.15, -0.1) is 0 Å². The molecule has 0 aromatic heterocycles. The Balaban J connectivity index is 2.36. The monoisotopic (exact) mass is 209 g/mol. The third-order valence-corrected chi connectivity index (χ3v) is 2.53. The normalized spacial score (nSPS) is 25.4. The lowest BCUT2D eigenvalue weighted by molar-refractivity contribution is -0.384. The maximum Gasteiger partial charge on any atom is 0.275 e. The van der Waals surface area contributed by atoms with Gasteiger partial charge >= 0.3 is 0 Å². The van der Waals surface area contributed by atoms with Gasteiger partial charge in [-0.3, -0.25) is 15.4 Å². The predicted molar refractivity (Wildman–Crippen MR) is 56.0 cm³/mol. The van der Waals surface area contributed by atoms with Gasteiger partial charge in [0.25, 0.3) is 5.69 Å². The molecule has 0 saturated carbocycles. The van der Waals surface area contributed by atoms with Crippen LogP contribution in [0.1, 0.15) is 0 Å². The SMILES string of the molecule is O=[N+]([O-])c1cccc([N+]2([O-])CCNC2)c1. The van der Waals surface area contributed by atoms with Crippen molar-refractivity contribution in [2.45, 2.75) is 0 Å². The van der Waals surface area contributed by atoms with Crippen LogP contribution in [0.3, 0.4) is 0 Å². The smallest absolute Gasteiger partial charge is 0.275 e. The number of hydrogen-bond acceptors (Lipinski definition) is 4. The van der Waals surface area contributed by atoms with Crippen LogP contribution in [-0.4, -0.2) is 24.7 Å². The minimum absolute atomic E-state index is 0.0345. The highest BCUT2D eigenvalue weighted by Gasteiger charge is 2.26. The highest BCUT2D eigenvalue weighted by atomic mass is 16.6. The van der Waals surface area contributed by atoms with E-state index >= 15 is 0 Å². The standard InChI is InChI=1S/C9H11N3O3/c13-11(14)8-2-1-3-9(6-8)12(15)5-4-10-7-12/h1-3,6,10H,4-5,7H2. The molecule has 1 heterocycles. The van der Waals surface area contributed by atoms with Crippen molar-refractivity contribution in [3.63, 3.8) is 0 Å². The topological polar surface area (TPSA) is 78.2 Å². The fourth-order valence-corrected chi connectivity index (χ4v) is 1.68. The number of benzene rings is 1. The summed E-state index contributed by atoms with van der Waals surface area (Å²) >= 11 is 0. The number of rotatable bonds is 2. The highest BCUT2D eigenvalue weighted by Crippen LogP contribution is 2.26. The first kappa shape index (κ1) is 10.0. The minimum atomic E-state index is -0.526. The fraction of sp³-hybridized carbons (Fsp3) is 0.333. The van der Waals surface area contributed by atoms with E-state index in [-0.39, 0.29) is 12.4 Å². The lowest BCUT2D eigenvalue weighted by Crippen LogP contribution is -2.41. The number of nitro groups is 1. The van der Waals surface area contributed by atoms with Crippen LogP contribution in [-0.2, 0) is 0 Å². The van der Waals surface area contributed by atoms with E-state index < -0.39 is 9.57 Å². The summed E-state index contributed by atoms with van der Waals surface area (Å²) in [5.41, 5.74) is 0.405. The third kappa shape index (κ3) is 1.82. The molecule has 0 radical (unpaired) electrons. The van der Waals surface area contributed by atoms with Gasteiger partial charge in [0, 0.05) is 6.07 Å². The van der Waals surface area contributed by atoms with E-state index in [0.29, 0.717) is 18.8 Å². The molecule has 15 heavy (non-hydrogen) atoms. The quantitative estimate of drug-likeness (QED) is 0.340. The summed E-state index contributed by atoms with van der Waals surface area (Å²) in [6.45, 7) is 1.34. The van der Waals surface area contributed by atoms with Gasteiger partial charge in [-0.2, -0.15) is 0 Å². The van der Waals surface area contributed by atoms with E-state index in [2.05, 4.69) is 5.32 Å². The Morgan fingerprint density at radius 3 is 2.87 bits per heavy atom. The minimum Gasteiger partial charge on any atom is -0.626 e. The number of nitro benzene ring substituents is 1. The van der Waals surface area contributed by atoms with Crippen molar-refractivity contribution in [3.05, 3.63) is 39.6 Å². The maximum absolute atomic E-state index is 12.1. The van der Waals surface area contributed by atoms with E-state index in [9.17, 15) is 15.3 Å². The molecule has 1 aromatic carbocycles. The second-order valence-electron chi connectivity index (χ2n) is 3.55. The molecule has 1 aromatic rings. The molecule has 80 valence electrons. The molecule has 0 amide bonds. The number of hydroxylamine groups is 2. The van der Waals surface area contributed by atoms with Crippen molar-refractivity contribution in [1.29, 1.82) is 0 Å². The molecule has 1 unspecified atom stereocenters. The zero-order valence-electron chi connectivity index (χ0n) is 8.05. The second-order valence-corrected chi connectivity index (χ2v) is 3.55. The Labute approximate surface area is 86.4 Å². The molecule has 6 heteroatoms. The van der Waals surface area contributed by atoms with Crippen LogP contribution >= 0.6 is 0 Å². The van der Waals surface area contributed by atoms with Crippen molar-refractivity contribution < 1.29 is 4.92 Å². The molecule has 1 atom stereocenters. The van der Waals surface area contributed by atoms with Gasteiger partial charge in [0.2, 0.25) is 0 Å². The van der Waals surface area contributed by atoms with Crippen LogP contribution in [0.4, 0.5) is 11.4 Å². The molecular weight excluding hydrogens is 198 g/mol. The average Bonchev–Trinajstić information content (AvgIpc) is 2.67. The lowest BCUT2D eigenvalue weighted by atomic mass is 10.2. The van der Waals surface area contributed by atoms with Crippen LogP contribution in [0.25, 0.3) is 0 Å². The lowest BCUT2D eigenvalue weighted by Gasteiger charge is -2.36. The number of nitrogens with zero attached hydrogens (tertiary/aromatic N) is 2. The van der Waals surface area contributed by atoms with Gasteiger partial charge in [-0.05, 0) is 12.1 Å². The van der Waals surface area contributed by atoms with E-state index in [1.807, 2.05) is 0 Å². The van der Waals surface area contributed by atoms with E-state index in [4.69, 9.17) is 0 Å². The summed E-state index contributed by atoms with van der Waals surface area (Å²) in [5.74, 6) is 0. The molecule has 0 bridgehead atoms. The van der Waals surface area contributed by atoms with Gasteiger partial charge < -0.3 is 9.85 Å². The Hall–Kier alpha value is -1.50. The molecule has 1 aliphatic heterocycles. The first-order valence-corrected chi connectivity index (χ1v) is 4.66. The molecule has 0 spiro atoms. The zero-order valence-corrected chi connectivity index (χ0v) is 8.05. The molecule has 0 aliphatic carbocycles. The molecule has 1 aliphatic rings. The molecule has 2 rings (SSSR count). The van der Waals surface area contributed by atoms with Crippen molar-refractivity contribution in [2.24, 2.45) is 0 Å². The molecule has 6 nitrogen and oxygen atoms in total. The van der Waals surface area contributed by atoms with E-state index in [0.717, 1.165) is 0 Å². The summed E-state index contributed by atoms with van der Waals surface area (Å²) < 4.78 is -0.526. The van der Waals surface area contributed by atoms with Gasteiger partial charge in [0.15, 0.2) is 0 Å². The largest absolute Gasteiger partial charge is 0.626 e. The summed E-state index contributed by atoms with van der Waals surface area (Å²) in [6, 6.07) is 5.91. The number of nitrogens with one attached hydrogen (secondary N) is 1. The van der Waals surface area contributed by atoms with Crippen LogP contribution in [0, 0.1) is 15.3 Å². The van der Waals surface area contributed by atoms with Crippen LogP contribution in [0.5, 0.6) is 0 Å². The fourth-order valence-electron chi connectivity index (χ4n) is 1.68. The van der Waals surface area contributed by atoms with Crippen molar-refractivity contribution in [3.8, 4) is 0 Å². The van der Waals surface area contributed by atoms with Gasteiger partial charge in [0.1, 0.15) is 12.4 Å². The molecule has 1 N–H and O–H groups in total. The first-order chi connectivity index (χ1) is 7.12. The molecule has 1 saturated heterocycles.